The van der Waals surface area contributed by atoms with Crippen LogP contribution < -0.4 is 5.48 Å². The Kier molecular flexibility index (Phi) is 4.03. The molecule has 1 aromatic carbocycles. The van der Waals surface area contributed by atoms with Crippen molar-refractivity contribution in [2.45, 2.75) is 12.1 Å². The Bertz CT molecular complexity index is 599. The number of aromatic nitrogens is 3. The van der Waals surface area contributed by atoms with E-state index in [1.165, 1.54) is 0 Å². The summed E-state index contributed by atoms with van der Waals surface area (Å²) in [5.74, 6) is -0.489. The fourth-order valence-electron chi connectivity index (χ4n) is 1.46. The quantitative estimate of drug-likeness (QED) is 0.487. The number of nitrogens with zero attached hydrogens (tertiary/aromatic N) is 2. The molecule has 0 amide bonds. The predicted molar refractivity (Wildman–Crippen MR) is 70.3 cm³/mol. The van der Waals surface area contributed by atoms with Crippen LogP contribution >= 0.6 is 11.8 Å². The van der Waals surface area contributed by atoms with Gasteiger partial charge in [0.15, 0.2) is 5.82 Å². The molecule has 1 aromatic heterocycles. The van der Waals surface area contributed by atoms with Crippen LogP contribution in [-0.2, 0) is 4.79 Å². The van der Waals surface area contributed by atoms with Crippen LogP contribution in [0.25, 0.3) is 11.4 Å². The van der Waals surface area contributed by atoms with Gasteiger partial charge in [-0.2, -0.15) is 0 Å². The Morgan fingerprint density at radius 2 is 2.32 bits per heavy atom. The van der Waals surface area contributed by atoms with Crippen molar-refractivity contribution in [3.63, 3.8) is 0 Å². The Morgan fingerprint density at radius 3 is 3.00 bits per heavy atom. The van der Waals surface area contributed by atoms with E-state index >= 15 is 0 Å². The number of hydrogen-bond acceptors (Lipinski definition) is 6. The largest absolute Gasteiger partial charge is 0.481 e. The van der Waals surface area contributed by atoms with Crippen molar-refractivity contribution >= 4 is 23.4 Å². The first-order valence-electron chi connectivity index (χ1n) is 5.38. The van der Waals surface area contributed by atoms with Gasteiger partial charge in [0.1, 0.15) is 0 Å². The monoisotopic (exact) mass is 280 g/mol. The van der Waals surface area contributed by atoms with Gasteiger partial charge in [-0.1, -0.05) is 23.9 Å². The number of aryl methyl sites for hydroxylation is 1. The molecule has 0 atom stereocenters. The molecule has 2 aromatic rings. The number of carboxylic acids is 1. The molecule has 0 aliphatic rings. The summed E-state index contributed by atoms with van der Waals surface area (Å²) in [5, 5.41) is 24.6. The summed E-state index contributed by atoms with van der Waals surface area (Å²) in [5.41, 5.74) is 4.33. The van der Waals surface area contributed by atoms with Crippen molar-refractivity contribution < 1.29 is 15.1 Å². The molecule has 19 heavy (non-hydrogen) atoms. The number of carboxylic acid groups (broad SMARTS) is 1. The molecule has 0 aliphatic carbocycles. The second-order valence-electron chi connectivity index (χ2n) is 3.79. The van der Waals surface area contributed by atoms with E-state index in [4.69, 9.17) is 10.3 Å². The molecule has 0 unspecified atom stereocenters. The molecule has 8 heteroatoms. The second-order valence-corrected chi connectivity index (χ2v) is 4.73. The van der Waals surface area contributed by atoms with E-state index in [0.717, 1.165) is 22.9 Å². The lowest BCUT2D eigenvalue weighted by Crippen LogP contribution is -1.97. The lowest BCUT2D eigenvalue weighted by atomic mass is 10.1. The minimum Gasteiger partial charge on any atom is -0.481 e. The summed E-state index contributed by atoms with van der Waals surface area (Å²) in [7, 11) is 0. The van der Waals surface area contributed by atoms with Gasteiger partial charge in [0, 0.05) is 5.56 Å². The fraction of sp³-hybridized carbons (Fsp3) is 0.182. The van der Waals surface area contributed by atoms with E-state index in [1.54, 1.807) is 6.07 Å². The third-order valence-corrected chi connectivity index (χ3v) is 3.25. The van der Waals surface area contributed by atoms with Gasteiger partial charge in [0.25, 0.3) is 0 Å². The SMILES string of the molecule is Cc1ccc(-c2nc(SCC(=O)O)n[nH]2)cc1NO. The number of H-pyrrole nitrogens is 1. The normalized spacial score (nSPS) is 10.4. The lowest BCUT2D eigenvalue weighted by Gasteiger charge is -2.05. The van der Waals surface area contributed by atoms with E-state index in [0.29, 0.717) is 16.7 Å². The van der Waals surface area contributed by atoms with Gasteiger partial charge >= 0.3 is 5.97 Å². The molecular weight excluding hydrogens is 268 g/mol. The van der Waals surface area contributed by atoms with Gasteiger partial charge < -0.3 is 5.11 Å². The van der Waals surface area contributed by atoms with Gasteiger partial charge in [0.2, 0.25) is 5.16 Å². The predicted octanol–water partition coefficient (Wildman–Crippen LogP) is 1.76. The highest BCUT2D eigenvalue weighted by atomic mass is 32.2. The Labute approximate surface area is 113 Å². The molecule has 7 nitrogen and oxygen atoms in total. The first kappa shape index (κ1) is 13.4. The number of carbonyl (C=O) groups is 1. The summed E-state index contributed by atoms with van der Waals surface area (Å²) in [6, 6.07) is 5.39. The molecule has 100 valence electrons. The zero-order valence-electron chi connectivity index (χ0n) is 10.0. The van der Waals surface area contributed by atoms with Crippen LogP contribution in [0.1, 0.15) is 5.56 Å². The van der Waals surface area contributed by atoms with Crippen LogP contribution in [0.5, 0.6) is 0 Å². The molecule has 1 heterocycles. The first-order valence-corrected chi connectivity index (χ1v) is 6.37. The molecule has 2 rings (SSSR count). The molecule has 0 saturated carbocycles. The standard InChI is InChI=1S/C11H12N4O3S/c1-6-2-3-7(4-8(6)15-18)10-12-11(14-13-10)19-5-9(16)17/h2-4,15,18H,5H2,1H3,(H,16,17)(H,12,13,14). The number of benzene rings is 1. The van der Waals surface area contributed by atoms with Crippen LogP contribution in [0.4, 0.5) is 5.69 Å². The minimum atomic E-state index is -0.918. The van der Waals surface area contributed by atoms with Crippen LogP contribution in [0, 0.1) is 6.92 Å². The van der Waals surface area contributed by atoms with Gasteiger partial charge in [-0.15, -0.1) is 5.10 Å². The highest BCUT2D eigenvalue weighted by Crippen LogP contribution is 2.24. The summed E-state index contributed by atoms with van der Waals surface area (Å²) < 4.78 is 0. The van der Waals surface area contributed by atoms with Crippen LogP contribution in [0.2, 0.25) is 0 Å². The Hall–Kier alpha value is -2.06. The topological polar surface area (TPSA) is 111 Å². The maximum absolute atomic E-state index is 10.4. The first-order chi connectivity index (χ1) is 9.10. The maximum atomic E-state index is 10.4. The van der Waals surface area contributed by atoms with Crippen molar-refractivity contribution in [1.29, 1.82) is 0 Å². The second kappa shape index (κ2) is 5.72. The molecule has 0 aliphatic heterocycles. The van der Waals surface area contributed by atoms with Gasteiger partial charge in [-0.05, 0) is 18.6 Å². The van der Waals surface area contributed by atoms with Crippen molar-refractivity contribution in [2.75, 3.05) is 11.2 Å². The van der Waals surface area contributed by atoms with Crippen molar-refractivity contribution in [3.05, 3.63) is 23.8 Å². The van der Waals surface area contributed by atoms with Gasteiger partial charge in [0.05, 0.1) is 11.4 Å². The van der Waals surface area contributed by atoms with E-state index in [2.05, 4.69) is 20.7 Å². The summed E-state index contributed by atoms with van der Waals surface area (Å²) in [6.45, 7) is 1.86. The van der Waals surface area contributed by atoms with E-state index in [9.17, 15) is 4.79 Å². The Balaban J connectivity index is 2.20. The third kappa shape index (κ3) is 3.24. The Morgan fingerprint density at radius 1 is 1.53 bits per heavy atom. The fourth-order valence-corrected chi connectivity index (χ4v) is 1.97. The van der Waals surface area contributed by atoms with Crippen LogP contribution in [0.3, 0.4) is 0 Å². The molecule has 0 bridgehead atoms. The van der Waals surface area contributed by atoms with Crippen molar-refractivity contribution in [3.8, 4) is 11.4 Å². The number of nitrogens with one attached hydrogen (secondary N) is 2. The number of aliphatic carboxylic acids is 1. The minimum absolute atomic E-state index is 0.0887. The number of aromatic amines is 1. The number of anilines is 1. The molecule has 0 radical (unpaired) electrons. The van der Waals surface area contributed by atoms with E-state index in [1.807, 2.05) is 19.1 Å². The number of hydrogen-bond donors (Lipinski definition) is 4. The summed E-state index contributed by atoms with van der Waals surface area (Å²) >= 11 is 1.04. The zero-order valence-corrected chi connectivity index (χ0v) is 10.9. The highest BCUT2D eigenvalue weighted by molar-refractivity contribution is 7.99. The maximum Gasteiger partial charge on any atom is 0.313 e. The molecule has 0 fully saturated rings. The van der Waals surface area contributed by atoms with Crippen LogP contribution in [-0.4, -0.2) is 37.2 Å². The summed E-state index contributed by atoms with van der Waals surface area (Å²) in [6.07, 6.45) is 0. The zero-order chi connectivity index (χ0) is 13.8. The lowest BCUT2D eigenvalue weighted by molar-refractivity contribution is -0.133. The third-order valence-electron chi connectivity index (χ3n) is 2.42. The number of thioether (sulfide) groups is 1. The molecular formula is C11H12N4O3S. The highest BCUT2D eigenvalue weighted by Gasteiger charge is 2.09. The van der Waals surface area contributed by atoms with Crippen molar-refractivity contribution in [2.24, 2.45) is 0 Å². The molecule has 0 spiro atoms. The molecule has 4 N–H and O–H groups in total. The van der Waals surface area contributed by atoms with Gasteiger partial charge in [-0.3, -0.25) is 20.6 Å². The average molecular weight is 280 g/mol. The van der Waals surface area contributed by atoms with Crippen molar-refractivity contribution in [1.82, 2.24) is 15.2 Å². The molecule has 0 saturated heterocycles. The number of rotatable bonds is 5. The average Bonchev–Trinajstić information content (AvgIpc) is 2.86. The summed E-state index contributed by atoms with van der Waals surface area (Å²) in [4.78, 5) is 14.6. The van der Waals surface area contributed by atoms with Gasteiger partial charge in [-0.25, -0.2) is 4.98 Å². The van der Waals surface area contributed by atoms with Crippen LogP contribution in [0.15, 0.2) is 23.4 Å². The smallest absolute Gasteiger partial charge is 0.313 e. The van der Waals surface area contributed by atoms with E-state index < -0.39 is 5.97 Å². The van der Waals surface area contributed by atoms with E-state index in [-0.39, 0.29) is 5.75 Å².